The molecule has 0 aromatic carbocycles. The Morgan fingerprint density at radius 2 is 1.35 bits per heavy atom. The summed E-state index contributed by atoms with van der Waals surface area (Å²) in [4.78, 5) is 0. The van der Waals surface area contributed by atoms with Crippen LogP contribution < -0.4 is 0 Å². The molecule has 0 nitrogen and oxygen atoms in total. The molecule has 0 atom stereocenters. The maximum Gasteiger partial charge on any atom is -0.0354 e. The van der Waals surface area contributed by atoms with E-state index in [1.54, 1.807) is 0 Å². The maximum atomic E-state index is 2.44. The van der Waals surface area contributed by atoms with Crippen molar-refractivity contribution in [2.45, 2.75) is 97.8 Å². The molecule has 0 bridgehead atoms. The van der Waals surface area contributed by atoms with Gasteiger partial charge in [-0.25, -0.2) is 0 Å². The van der Waals surface area contributed by atoms with Gasteiger partial charge in [0.2, 0.25) is 0 Å². The summed E-state index contributed by atoms with van der Waals surface area (Å²) in [6.07, 6.45) is 17.7. The van der Waals surface area contributed by atoms with E-state index in [1.807, 2.05) is 0 Å². The molecule has 102 valence electrons. The van der Waals surface area contributed by atoms with Crippen LogP contribution in [0.4, 0.5) is 0 Å². The van der Waals surface area contributed by atoms with Gasteiger partial charge >= 0.3 is 0 Å². The van der Waals surface area contributed by atoms with E-state index >= 15 is 0 Å². The molecule has 17 heavy (non-hydrogen) atoms. The molecule has 0 radical (unpaired) electrons. The summed E-state index contributed by atoms with van der Waals surface area (Å²) in [5.74, 6) is 1.07. The molecule has 0 N–H and O–H groups in total. The second kappa shape index (κ2) is 8.16. The summed E-state index contributed by atoms with van der Waals surface area (Å²) in [5.41, 5.74) is 0.649. The van der Waals surface area contributed by atoms with E-state index in [4.69, 9.17) is 0 Å². The fourth-order valence-corrected chi connectivity index (χ4v) is 3.14. The largest absolute Gasteiger partial charge is 0.0654 e. The average Bonchev–Trinajstić information content (AvgIpc) is 2.30. The van der Waals surface area contributed by atoms with Gasteiger partial charge in [-0.05, 0) is 37.0 Å². The van der Waals surface area contributed by atoms with Crippen molar-refractivity contribution in [1.29, 1.82) is 0 Å². The fraction of sp³-hybridized carbons (Fsp3) is 1.00. The average molecular weight is 238 g/mol. The van der Waals surface area contributed by atoms with Crippen molar-refractivity contribution in [2.24, 2.45) is 11.3 Å². The van der Waals surface area contributed by atoms with Crippen LogP contribution in [0, 0.1) is 11.3 Å². The lowest BCUT2D eigenvalue weighted by Crippen LogP contribution is -2.21. The molecule has 1 aliphatic carbocycles. The Morgan fingerprint density at radius 1 is 0.824 bits per heavy atom. The minimum Gasteiger partial charge on any atom is -0.0654 e. The quantitative estimate of drug-likeness (QED) is 0.433. The van der Waals surface area contributed by atoms with Crippen LogP contribution in [0.1, 0.15) is 97.8 Å². The van der Waals surface area contributed by atoms with Gasteiger partial charge in [0.1, 0.15) is 0 Å². The highest BCUT2D eigenvalue weighted by atomic mass is 14.3. The van der Waals surface area contributed by atoms with Crippen molar-refractivity contribution < 1.29 is 0 Å². The number of hydrogen-bond donors (Lipinski definition) is 0. The summed E-state index contributed by atoms with van der Waals surface area (Å²) in [7, 11) is 0. The zero-order chi connectivity index (χ0) is 12.6. The highest BCUT2D eigenvalue weighted by Gasteiger charge is 2.26. The minimum atomic E-state index is 0.649. The first kappa shape index (κ1) is 15.1. The van der Waals surface area contributed by atoms with Gasteiger partial charge in [0.05, 0.1) is 0 Å². The van der Waals surface area contributed by atoms with Crippen LogP contribution in [0.3, 0.4) is 0 Å². The van der Waals surface area contributed by atoms with E-state index < -0.39 is 0 Å². The van der Waals surface area contributed by atoms with E-state index in [0.29, 0.717) is 5.41 Å². The van der Waals surface area contributed by atoms with E-state index in [2.05, 4.69) is 20.8 Å². The summed E-state index contributed by atoms with van der Waals surface area (Å²) in [6, 6.07) is 0. The lowest BCUT2D eigenvalue weighted by atomic mass is 9.72. The summed E-state index contributed by atoms with van der Waals surface area (Å²) in [5, 5.41) is 0. The monoisotopic (exact) mass is 238 g/mol. The van der Waals surface area contributed by atoms with Crippen LogP contribution in [0.2, 0.25) is 0 Å². The van der Waals surface area contributed by atoms with Crippen molar-refractivity contribution in [3.05, 3.63) is 0 Å². The second-order valence-electron chi connectivity index (χ2n) is 7.02. The third-order valence-electron chi connectivity index (χ3n) is 4.67. The van der Waals surface area contributed by atoms with Crippen molar-refractivity contribution in [3.63, 3.8) is 0 Å². The Balaban J connectivity index is 1.90. The molecule has 0 aromatic rings. The highest BCUT2D eigenvalue weighted by molar-refractivity contribution is 4.78. The molecule has 0 amide bonds. The van der Waals surface area contributed by atoms with Crippen molar-refractivity contribution in [3.8, 4) is 0 Å². The van der Waals surface area contributed by atoms with Crippen molar-refractivity contribution in [1.82, 2.24) is 0 Å². The molecule has 1 saturated carbocycles. The lowest BCUT2D eigenvalue weighted by Gasteiger charge is -2.34. The van der Waals surface area contributed by atoms with Gasteiger partial charge < -0.3 is 0 Å². The second-order valence-corrected chi connectivity index (χ2v) is 7.02. The first-order valence-electron chi connectivity index (χ1n) is 8.14. The van der Waals surface area contributed by atoms with Gasteiger partial charge in [-0.1, -0.05) is 72.1 Å². The van der Waals surface area contributed by atoms with Crippen LogP contribution in [-0.4, -0.2) is 0 Å². The first-order chi connectivity index (χ1) is 8.14. The zero-order valence-corrected chi connectivity index (χ0v) is 12.6. The Kier molecular flexibility index (Phi) is 7.23. The normalized spacial score (nSPS) is 20.6. The van der Waals surface area contributed by atoms with Gasteiger partial charge in [0.25, 0.3) is 0 Å². The van der Waals surface area contributed by atoms with Gasteiger partial charge in [-0.3, -0.25) is 0 Å². The number of hydrogen-bond acceptors (Lipinski definition) is 0. The fourth-order valence-electron chi connectivity index (χ4n) is 3.14. The lowest BCUT2D eigenvalue weighted by molar-refractivity contribution is 0.182. The Morgan fingerprint density at radius 3 is 1.94 bits per heavy atom. The van der Waals surface area contributed by atoms with Crippen molar-refractivity contribution >= 4 is 0 Å². The van der Waals surface area contributed by atoms with E-state index in [0.717, 1.165) is 5.92 Å². The van der Waals surface area contributed by atoms with Crippen molar-refractivity contribution in [2.75, 3.05) is 0 Å². The predicted molar refractivity (Wildman–Crippen MR) is 78.3 cm³/mol. The maximum absolute atomic E-state index is 2.44. The van der Waals surface area contributed by atoms with Crippen LogP contribution in [0.5, 0.6) is 0 Å². The summed E-state index contributed by atoms with van der Waals surface area (Å²) >= 11 is 0. The molecule has 0 unspecified atom stereocenters. The van der Waals surface area contributed by atoms with E-state index in [9.17, 15) is 0 Å². The Labute approximate surface area is 110 Å². The van der Waals surface area contributed by atoms with Crippen LogP contribution in [-0.2, 0) is 0 Å². The zero-order valence-electron chi connectivity index (χ0n) is 12.6. The molecule has 1 rings (SSSR count). The molecule has 0 heterocycles. The molecule has 1 fully saturated rings. The third-order valence-corrected chi connectivity index (χ3v) is 4.67. The predicted octanol–water partition coefficient (Wildman–Crippen LogP) is 6.34. The molecule has 1 aliphatic rings. The van der Waals surface area contributed by atoms with E-state index in [1.165, 1.54) is 77.0 Å². The van der Waals surface area contributed by atoms with Gasteiger partial charge in [0, 0.05) is 0 Å². The summed E-state index contributed by atoms with van der Waals surface area (Å²) < 4.78 is 0. The van der Waals surface area contributed by atoms with Gasteiger partial charge in [-0.15, -0.1) is 0 Å². The standard InChI is InChI=1S/C17H34/c1-4-5-6-7-8-9-10-11-16-12-14-17(2,3)15-13-16/h16H,4-15H2,1-3H3. The Bertz CT molecular complexity index is 170. The summed E-state index contributed by atoms with van der Waals surface area (Å²) in [6.45, 7) is 7.18. The molecule has 0 saturated heterocycles. The molecular formula is C17H34. The van der Waals surface area contributed by atoms with Crippen LogP contribution in [0.15, 0.2) is 0 Å². The van der Waals surface area contributed by atoms with E-state index in [-0.39, 0.29) is 0 Å². The SMILES string of the molecule is CCCCCCCCCC1CCC(C)(C)CC1. The smallest absolute Gasteiger partial charge is 0.0354 e. The Hall–Kier alpha value is 0. The molecule has 0 aromatic heterocycles. The van der Waals surface area contributed by atoms with Crippen LogP contribution >= 0.6 is 0 Å². The highest BCUT2D eigenvalue weighted by Crippen LogP contribution is 2.39. The minimum absolute atomic E-state index is 0.649. The molecule has 0 spiro atoms. The van der Waals surface area contributed by atoms with Gasteiger partial charge in [0.15, 0.2) is 0 Å². The molecule has 0 heteroatoms. The number of unbranched alkanes of at least 4 members (excludes halogenated alkanes) is 6. The first-order valence-corrected chi connectivity index (χ1v) is 8.14. The van der Waals surface area contributed by atoms with Gasteiger partial charge in [-0.2, -0.15) is 0 Å². The molecular weight excluding hydrogens is 204 g/mol. The number of rotatable bonds is 8. The molecule has 0 aliphatic heterocycles. The topological polar surface area (TPSA) is 0 Å². The van der Waals surface area contributed by atoms with Crippen LogP contribution in [0.25, 0.3) is 0 Å². The third kappa shape index (κ3) is 7.11.